The van der Waals surface area contributed by atoms with Gasteiger partial charge in [0.25, 0.3) is 0 Å². The number of morpholine rings is 1. The molecule has 0 bridgehead atoms. The molecule has 6 heteroatoms. The highest BCUT2D eigenvalue weighted by atomic mass is 16.5. The molecule has 0 saturated carbocycles. The Labute approximate surface area is 189 Å². The van der Waals surface area contributed by atoms with Crippen molar-refractivity contribution in [2.24, 2.45) is 0 Å². The van der Waals surface area contributed by atoms with Crippen molar-refractivity contribution < 1.29 is 14.3 Å². The van der Waals surface area contributed by atoms with E-state index in [9.17, 15) is 4.79 Å². The van der Waals surface area contributed by atoms with Crippen LogP contribution in [0.1, 0.15) is 18.4 Å². The van der Waals surface area contributed by atoms with E-state index in [2.05, 4.69) is 51.3 Å². The molecule has 2 aliphatic heterocycles. The lowest BCUT2D eigenvalue weighted by atomic mass is 9.73. The third-order valence-corrected chi connectivity index (χ3v) is 6.90. The second-order valence-electron chi connectivity index (χ2n) is 8.75. The van der Waals surface area contributed by atoms with Gasteiger partial charge < -0.3 is 19.4 Å². The van der Waals surface area contributed by atoms with Gasteiger partial charge in [0, 0.05) is 62.2 Å². The number of amides is 1. The van der Waals surface area contributed by atoms with Gasteiger partial charge in [0.15, 0.2) is 0 Å². The summed E-state index contributed by atoms with van der Waals surface area (Å²) in [5, 5.41) is 4.35. The monoisotopic (exact) mass is 433 g/mol. The van der Waals surface area contributed by atoms with E-state index >= 15 is 0 Å². The lowest BCUT2D eigenvalue weighted by molar-refractivity contribution is -0.125. The molecule has 1 N–H and O–H groups in total. The fourth-order valence-electron chi connectivity index (χ4n) is 4.92. The molecule has 5 rings (SSSR count). The van der Waals surface area contributed by atoms with Crippen molar-refractivity contribution in [1.82, 2.24) is 9.47 Å². The van der Waals surface area contributed by atoms with Crippen molar-refractivity contribution >= 4 is 22.5 Å². The van der Waals surface area contributed by atoms with Gasteiger partial charge in [-0.1, -0.05) is 30.3 Å². The molecule has 2 saturated heterocycles. The van der Waals surface area contributed by atoms with Gasteiger partial charge in [0.2, 0.25) is 5.91 Å². The maximum absolute atomic E-state index is 13.5. The molecule has 0 atom stereocenters. The van der Waals surface area contributed by atoms with E-state index in [1.807, 2.05) is 24.3 Å². The van der Waals surface area contributed by atoms with E-state index < -0.39 is 5.41 Å². The van der Waals surface area contributed by atoms with Crippen LogP contribution in [0.2, 0.25) is 0 Å². The summed E-state index contributed by atoms with van der Waals surface area (Å²) >= 11 is 0. The molecule has 0 unspecified atom stereocenters. The Balaban J connectivity index is 1.31. The first-order chi connectivity index (χ1) is 15.7. The molecule has 2 fully saturated rings. The van der Waals surface area contributed by atoms with Crippen molar-refractivity contribution in [2.75, 3.05) is 51.4 Å². The van der Waals surface area contributed by atoms with E-state index in [1.54, 1.807) is 0 Å². The number of hydrogen-bond donors (Lipinski definition) is 1. The molecule has 168 valence electrons. The van der Waals surface area contributed by atoms with Crippen LogP contribution in [-0.4, -0.2) is 61.4 Å². The van der Waals surface area contributed by atoms with E-state index in [1.165, 1.54) is 5.52 Å². The average Bonchev–Trinajstić information content (AvgIpc) is 3.26. The van der Waals surface area contributed by atoms with Gasteiger partial charge in [-0.05, 0) is 42.7 Å². The molecular weight excluding hydrogens is 402 g/mol. The van der Waals surface area contributed by atoms with Crippen LogP contribution in [0, 0.1) is 0 Å². The second kappa shape index (κ2) is 9.45. The summed E-state index contributed by atoms with van der Waals surface area (Å²) in [6.07, 6.45) is 3.53. The van der Waals surface area contributed by atoms with Crippen LogP contribution in [-0.2, 0) is 26.2 Å². The zero-order valence-electron chi connectivity index (χ0n) is 18.5. The van der Waals surface area contributed by atoms with Crippen molar-refractivity contribution in [2.45, 2.75) is 24.8 Å². The highest BCUT2D eigenvalue weighted by Gasteiger charge is 2.41. The molecule has 32 heavy (non-hydrogen) atoms. The number of nitrogens with one attached hydrogen (secondary N) is 1. The summed E-state index contributed by atoms with van der Waals surface area (Å²) in [6.45, 7) is 6.84. The maximum atomic E-state index is 13.5. The number of carbonyl (C=O) groups excluding carboxylic acids is 1. The summed E-state index contributed by atoms with van der Waals surface area (Å²) in [7, 11) is 0. The molecule has 2 aromatic carbocycles. The smallest absolute Gasteiger partial charge is 0.235 e. The summed E-state index contributed by atoms with van der Waals surface area (Å²) in [5.74, 6) is 0.0538. The van der Waals surface area contributed by atoms with Gasteiger partial charge in [-0.15, -0.1) is 0 Å². The summed E-state index contributed by atoms with van der Waals surface area (Å²) in [4.78, 5) is 16.0. The number of nitrogens with zero attached hydrogens (tertiary/aromatic N) is 2. The van der Waals surface area contributed by atoms with Crippen LogP contribution < -0.4 is 5.32 Å². The third kappa shape index (κ3) is 4.31. The van der Waals surface area contributed by atoms with Crippen LogP contribution in [0.5, 0.6) is 0 Å². The van der Waals surface area contributed by atoms with Gasteiger partial charge in [-0.25, -0.2) is 0 Å². The maximum Gasteiger partial charge on any atom is 0.235 e. The molecule has 3 aromatic rings. The Morgan fingerprint density at radius 1 is 0.906 bits per heavy atom. The number of benzene rings is 2. The van der Waals surface area contributed by atoms with Crippen LogP contribution in [0.15, 0.2) is 60.8 Å². The summed E-state index contributed by atoms with van der Waals surface area (Å²) in [5.41, 5.74) is 2.56. The molecular formula is C26H31N3O3. The summed E-state index contributed by atoms with van der Waals surface area (Å²) < 4.78 is 13.3. The minimum Gasteiger partial charge on any atom is -0.381 e. The minimum absolute atomic E-state index is 0.0538. The van der Waals surface area contributed by atoms with Gasteiger partial charge in [0.1, 0.15) is 0 Å². The first kappa shape index (κ1) is 21.2. The van der Waals surface area contributed by atoms with Crippen LogP contribution >= 0.6 is 0 Å². The highest BCUT2D eigenvalue weighted by molar-refractivity contribution is 6.00. The van der Waals surface area contributed by atoms with E-state index in [0.29, 0.717) is 26.1 Å². The molecule has 0 aliphatic carbocycles. The van der Waals surface area contributed by atoms with Crippen molar-refractivity contribution in [3.63, 3.8) is 0 Å². The van der Waals surface area contributed by atoms with E-state index in [-0.39, 0.29) is 5.91 Å². The molecule has 3 heterocycles. The topological polar surface area (TPSA) is 55.7 Å². The minimum atomic E-state index is -0.543. The zero-order chi connectivity index (χ0) is 21.8. The van der Waals surface area contributed by atoms with Crippen LogP contribution in [0.4, 0.5) is 5.69 Å². The molecule has 6 nitrogen and oxygen atoms in total. The van der Waals surface area contributed by atoms with Gasteiger partial charge in [-0.2, -0.15) is 0 Å². The molecule has 0 radical (unpaired) electrons. The quantitative estimate of drug-likeness (QED) is 0.645. The number of anilines is 1. The first-order valence-corrected chi connectivity index (χ1v) is 11.6. The highest BCUT2D eigenvalue weighted by Crippen LogP contribution is 2.36. The predicted molar refractivity (Wildman–Crippen MR) is 126 cm³/mol. The Kier molecular flexibility index (Phi) is 6.26. The number of rotatable bonds is 6. The average molecular weight is 434 g/mol. The molecule has 1 amide bonds. The van der Waals surface area contributed by atoms with Crippen molar-refractivity contribution in [1.29, 1.82) is 0 Å². The SMILES string of the molecule is O=C(Nc1ccc2c(ccn2CCN2CCOCC2)c1)C1(c2ccccc2)CCOCC1. The largest absolute Gasteiger partial charge is 0.381 e. The standard InChI is InChI=1S/C26H31N3O3/c30-25(26(9-16-31-17-10-26)22-4-2-1-3-5-22)27-23-6-7-24-21(20-23)8-11-29(24)13-12-28-14-18-32-19-15-28/h1-8,11,20H,9-10,12-19H2,(H,27,30). The lowest BCUT2D eigenvalue weighted by Crippen LogP contribution is -2.44. The Morgan fingerprint density at radius 3 is 2.44 bits per heavy atom. The van der Waals surface area contributed by atoms with Crippen LogP contribution in [0.3, 0.4) is 0 Å². The number of fused-ring (bicyclic) bond motifs is 1. The van der Waals surface area contributed by atoms with Gasteiger partial charge in [-0.3, -0.25) is 9.69 Å². The summed E-state index contributed by atoms with van der Waals surface area (Å²) in [6, 6.07) is 18.5. The number of ether oxygens (including phenoxy) is 2. The number of aromatic nitrogens is 1. The lowest BCUT2D eigenvalue weighted by Gasteiger charge is -2.36. The Bertz CT molecular complexity index is 1050. The predicted octanol–water partition coefficient (Wildman–Crippen LogP) is 3.66. The Hall–Kier alpha value is -2.67. The number of carbonyl (C=O) groups is 1. The molecule has 0 spiro atoms. The van der Waals surface area contributed by atoms with Crippen molar-refractivity contribution in [3.8, 4) is 0 Å². The van der Waals surface area contributed by atoms with Crippen molar-refractivity contribution in [3.05, 3.63) is 66.4 Å². The van der Waals surface area contributed by atoms with Crippen LogP contribution in [0.25, 0.3) is 10.9 Å². The van der Waals surface area contributed by atoms with Gasteiger partial charge in [0.05, 0.1) is 18.6 Å². The first-order valence-electron chi connectivity index (χ1n) is 11.6. The fourth-order valence-corrected chi connectivity index (χ4v) is 4.92. The Morgan fingerprint density at radius 2 is 1.66 bits per heavy atom. The molecule has 1 aromatic heterocycles. The van der Waals surface area contributed by atoms with Gasteiger partial charge >= 0.3 is 0 Å². The van der Waals surface area contributed by atoms with E-state index in [0.717, 1.165) is 56.0 Å². The zero-order valence-corrected chi connectivity index (χ0v) is 18.5. The normalized spacial score (nSPS) is 19.1. The fraction of sp³-hybridized carbons (Fsp3) is 0.423. The molecule has 2 aliphatic rings. The van der Waals surface area contributed by atoms with E-state index in [4.69, 9.17) is 9.47 Å². The third-order valence-electron chi connectivity index (χ3n) is 6.90. The second-order valence-corrected chi connectivity index (χ2v) is 8.75. The number of hydrogen-bond acceptors (Lipinski definition) is 4.